The number of fused-ring (bicyclic) bond motifs is 2. The Morgan fingerprint density at radius 2 is 1.80 bits per heavy atom. The maximum atomic E-state index is 5.38. The molecule has 0 bridgehead atoms. The number of aromatic nitrogens is 4. The van der Waals surface area contributed by atoms with Gasteiger partial charge in [0.25, 0.3) is 0 Å². The molecule has 3 aromatic heterocycles. The minimum Gasteiger partial charge on any atom is -0.497 e. The molecule has 3 heterocycles. The number of thiazole rings is 1. The summed E-state index contributed by atoms with van der Waals surface area (Å²) in [4.78, 5) is 13.3. The second kappa shape index (κ2) is 7.64. The SMILES string of the molecule is COc1cc(Cn2ccc3c(Nc4ccc5scnc5c4)ncnc32)cc(OC)c1. The fraction of sp³-hybridized carbons (Fsp3) is 0.136. The third-order valence-electron chi connectivity index (χ3n) is 4.91. The van der Waals surface area contributed by atoms with E-state index in [0.29, 0.717) is 6.54 Å². The van der Waals surface area contributed by atoms with E-state index in [1.165, 1.54) is 0 Å². The van der Waals surface area contributed by atoms with Gasteiger partial charge in [0.1, 0.15) is 29.3 Å². The van der Waals surface area contributed by atoms with Crippen molar-refractivity contribution in [3.8, 4) is 11.5 Å². The molecule has 2 aromatic carbocycles. The number of benzene rings is 2. The second-order valence-electron chi connectivity index (χ2n) is 6.78. The van der Waals surface area contributed by atoms with E-state index in [1.807, 2.05) is 48.1 Å². The summed E-state index contributed by atoms with van der Waals surface area (Å²) in [6, 6.07) is 14.0. The molecular formula is C22H19N5O2S. The first-order valence-corrected chi connectivity index (χ1v) is 10.2. The maximum Gasteiger partial charge on any atom is 0.145 e. The molecule has 0 aliphatic carbocycles. The fourth-order valence-electron chi connectivity index (χ4n) is 3.46. The van der Waals surface area contributed by atoms with Crippen LogP contribution in [0.3, 0.4) is 0 Å². The van der Waals surface area contributed by atoms with E-state index in [1.54, 1.807) is 31.9 Å². The summed E-state index contributed by atoms with van der Waals surface area (Å²) in [7, 11) is 3.30. The van der Waals surface area contributed by atoms with E-state index in [9.17, 15) is 0 Å². The number of methoxy groups -OCH3 is 2. The third kappa shape index (κ3) is 3.42. The van der Waals surface area contributed by atoms with Gasteiger partial charge in [0, 0.05) is 24.5 Å². The molecule has 0 saturated carbocycles. The summed E-state index contributed by atoms with van der Waals surface area (Å²) in [6.45, 7) is 0.637. The van der Waals surface area contributed by atoms with Crippen LogP contribution in [-0.2, 0) is 6.54 Å². The molecule has 0 aliphatic heterocycles. The minimum atomic E-state index is 0.637. The van der Waals surface area contributed by atoms with Gasteiger partial charge in [0.2, 0.25) is 0 Å². The fourth-order valence-corrected chi connectivity index (χ4v) is 4.12. The Kier molecular flexibility index (Phi) is 4.68. The van der Waals surface area contributed by atoms with E-state index >= 15 is 0 Å². The van der Waals surface area contributed by atoms with Crippen molar-refractivity contribution >= 4 is 44.1 Å². The Morgan fingerprint density at radius 3 is 2.60 bits per heavy atom. The highest BCUT2D eigenvalue weighted by Crippen LogP contribution is 2.28. The van der Waals surface area contributed by atoms with Crippen molar-refractivity contribution in [2.24, 2.45) is 0 Å². The van der Waals surface area contributed by atoms with Crippen molar-refractivity contribution in [1.82, 2.24) is 19.5 Å². The van der Waals surface area contributed by atoms with Gasteiger partial charge in [-0.15, -0.1) is 11.3 Å². The number of hydrogen-bond acceptors (Lipinski definition) is 7. The van der Waals surface area contributed by atoms with E-state index in [-0.39, 0.29) is 0 Å². The number of ether oxygens (including phenoxy) is 2. The smallest absolute Gasteiger partial charge is 0.145 e. The molecule has 0 saturated heterocycles. The maximum absolute atomic E-state index is 5.38. The third-order valence-corrected chi connectivity index (χ3v) is 5.72. The summed E-state index contributed by atoms with van der Waals surface area (Å²) < 4.78 is 14.0. The molecule has 5 aromatic rings. The molecule has 150 valence electrons. The molecule has 5 rings (SSSR count). The Bertz CT molecular complexity index is 1320. The monoisotopic (exact) mass is 417 g/mol. The van der Waals surface area contributed by atoms with E-state index in [2.05, 4.69) is 30.9 Å². The summed E-state index contributed by atoms with van der Waals surface area (Å²) in [5.74, 6) is 2.28. The van der Waals surface area contributed by atoms with Gasteiger partial charge in [-0.05, 0) is 42.0 Å². The lowest BCUT2D eigenvalue weighted by molar-refractivity contribution is 0.393. The van der Waals surface area contributed by atoms with Gasteiger partial charge in [-0.25, -0.2) is 15.0 Å². The van der Waals surface area contributed by atoms with Gasteiger partial charge >= 0.3 is 0 Å². The molecule has 0 radical (unpaired) electrons. The van der Waals surface area contributed by atoms with Gasteiger partial charge in [-0.3, -0.25) is 0 Å². The lowest BCUT2D eigenvalue weighted by Crippen LogP contribution is -2.02. The van der Waals surface area contributed by atoms with Gasteiger partial charge < -0.3 is 19.4 Å². The number of rotatable bonds is 6. The largest absolute Gasteiger partial charge is 0.497 e. The van der Waals surface area contributed by atoms with Gasteiger partial charge in [0.05, 0.1) is 35.3 Å². The van der Waals surface area contributed by atoms with Crippen LogP contribution < -0.4 is 14.8 Å². The lowest BCUT2D eigenvalue weighted by Gasteiger charge is -2.10. The highest BCUT2D eigenvalue weighted by atomic mass is 32.1. The first-order valence-electron chi connectivity index (χ1n) is 9.35. The lowest BCUT2D eigenvalue weighted by atomic mass is 10.2. The predicted molar refractivity (Wildman–Crippen MR) is 119 cm³/mol. The molecule has 7 nitrogen and oxygen atoms in total. The molecule has 30 heavy (non-hydrogen) atoms. The Labute approximate surface area is 176 Å². The average Bonchev–Trinajstić information content (AvgIpc) is 3.41. The van der Waals surface area contributed by atoms with Crippen molar-refractivity contribution in [2.75, 3.05) is 19.5 Å². The molecule has 1 N–H and O–H groups in total. The van der Waals surface area contributed by atoms with Crippen molar-refractivity contribution in [1.29, 1.82) is 0 Å². The number of nitrogens with one attached hydrogen (secondary N) is 1. The summed E-state index contributed by atoms with van der Waals surface area (Å²) in [5.41, 5.74) is 5.68. The number of nitrogens with zero attached hydrogens (tertiary/aromatic N) is 4. The first-order chi connectivity index (χ1) is 14.7. The van der Waals surface area contributed by atoms with Crippen LogP contribution in [0.25, 0.3) is 21.3 Å². The van der Waals surface area contributed by atoms with Crippen molar-refractivity contribution in [3.63, 3.8) is 0 Å². The number of anilines is 2. The van der Waals surface area contributed by atoms with Crippen LogP contribution >= 0.6 is 11.3 Å². The van der Waals surface area contributed by atoms with Crippen LogP contribution in [0.1, 0.15) is 5.56 Å². The zero-order chi connectivity index (χ0) is 20.5. The van der Waals surface area contributed by atoms with Gasteiger partial charge in [-0.1, -0.05) is 0 Å². The summed E-state index contributed by atoms with van der Waals surface area (Å²) >= 11 is 1.63. The van der Waals surface area contributed by atoms with Crippen LogP contribution in [0.5, 0.6) is 11.5 Å². The topological polar surface area (TPSA) is 74.1 Å². The van der Waals surface area contributed by atoms with Crippen molar-refractivity contribution in [2.45, 2.75) is 6.54 Å². The molecule has 0 atom stereocenters. The number of hydrogen-bond donors (Lipinski definition) is 1. The Balaban J connectivity index is 1.47. The molecule has 0 amide bonds. The quantitative estimate of drug-likeness (QED) is 0.426. The predicted octanol–water partition coefficient (Wildman–Crippen LogP) is 4.85. The van der Waals surface area contributed by atoms with E-state index < -0.39 is 0 Å². The second-order valence-corrected chi connectivity index (χ2v) is 7.67. The van der Waals surface area contributed by atoms with Crippen LogP contribution in [0, 0.1) is 0 Å². The van der Waals surface area contributed by atoms with Crippen LogP contribution in [0.2, 0.25) is 0 Å². The first kappa shape index (κ1) is 18.4. The highest BCUT2D eigenvalue weighted by molar-refractivity contribution is 7.16. The zero-order valence-corrected chi connectivity index (χ0v) is 17.3. The van der Waals surface area contributed by atoms with Crippen molar-refractivity contribution in [3.05, 3.63) is 66.1 Å². The zero-order valence-electron chi connectivity index (χ0n) is 16.5. The molecule has 0 fully saturated rings. The molecular weight excluding hydrogens is 398 g/mol. The summed E-state index contributed by atoms with van der Waals surface area (Å²) in [5, 5.41) is 4.35. The molecule has 0 spiro atoms. The average molecular weight is 417 g/mol. The standard InChI is InChI=1S/C22H19N5O2S/c1-28-16-7-14(8-17(10-16)29-2)11-27-6-5-18-21(23-12-24-22(18)27)26-15-3-4-20-19(9-15)25-13-30-20/h3-10,12-13H,11H2,1-2H3,(H,23,24,26). The van der Waals surface area contributed by atoms with Crippen LogP contribution in [0.4, 0.5) is 11.5 Å². The van der Waals surface area contributed by atoms with Gasteiger partial charge in [-0.2, -0.15) is 0 Å². The van der Waals surface area contributed by atoms with Crippen molar-refractivity contribution < 1.29 is 9.47 Å². The van der Waals surface area contributed by atoms with Crippen LogP contribution in [-0.4, -0.2) is 33.7 Å². The molecule has 8 heteroatoms. The van der Waals surface area contributed by atoms with Crippen LogP contribution in [0.15, 0.2) is 60.5 Å². The minimum absolute atomic E-state index is 0.637. The van der Waals surface area contributed by atoms with E-state index in [0.717, 1.165) is 49.8 Å². The highest BCUT2D eigenvalue weighted by Gasteiger charge is 2.11. The molecule has 0 aliphatic rings. The Morgan fingerprint density at radius 1 is 0.967 bits per heavy atom. The Hall–Kier alpha value is -3.65. The van der Waals surface area contributed by atoms with E-state index in [4.69, 9.17) is 9.47 Å². The summed E-state index contributed by atoms with van der Waals surface area (Å²) in [6.07, 6.45) is 3.59. The molecule has 0 unspecified atom stereocenters. The normalized spacial score (nSPS) is 11.1. The van der Waals surface area contributed by atoms with Gasteiger partial charge in [0.15, 0.2) is 0 Å².